The van der Waals surface area contributed by atoms with Crippen molar-refractivity contribution in [3.05, 3.63) is 34.6 Å². The van der Waals surface area contributed by atoms with E-state index in [2.05, 4.69) is 39.9 Å². The molecule has 0 heterocycles. The number of nitrogens with one attached hydrogen (secondary N) is 1. The van der Waals surface area contributed by atoms with Gasteiger partial charge in [0.1, 0.15) is 5.82 Å². The van der Waals surface area contributed by atoms with Crippen LogP contribution in [0.2, 0.25) is 5.02 Å². The molecule has 120 valence electrons. The third-order valence-electron chi connectivity index (χ3n) is 3.62. The van der Waals surface area contributed by atoms with Crippen molar-refractivity contribution in [1.82, 2.24) is 5.32 Å². The number of hydrogen-bond donors (Lipinski definition) is 1. The van der Waals surface area contributed by atoms with E-state index in [-0.39, 0.29) is 5.82 Å². The van der Waals surface area contributed by atoms with Gasteiger partial charge in [0.25, 0.3) is 0 Å². The molecule has 0 amide bonds. The standard InChI is InChI=1S/C18H29ClFN/c1-6-21-16(9-13(2)12-18(3,4)5)10-14-7-8-15(19)11-17(14)20/h7-8,11,13,16,21H,6,9-10,12H2,1-5H3. The fourth-order valence-electron chi connectivity index (χ4n) is 3.09. The van der Waals surface area contributed by atoms with E-state index in [4.69, 9.17) is 11.6 Å². The zero-order chi connectivity index (χ0) is 16.0. The Hall–Kier alpha value is -0.600. The molecule has 0 bridgehead atoms. The molecule has 1 N–H and O–H groups in total. The summed E-state index contributed by atoms with van der Waals surface area (Å²) in [6, 6.07) is 5.28. The molecule has 2 atom stereocenters. The molecule has 0 aliphatic carbocycles. The van der Waals surface area contributed by atoms with Crippen LogP contribution in [0.3, 0.4) is 0 Å². The number of halogens is 2. The van der Waals surface area contributed by atoms with Crippen LogP contribution in [0, 0.1) is 17.2 Å². The summed E-state index contributed by atoms with van der Waals surface area (Å²) in [5.41, 5.74) is 1.08. The molecule has 0 saturated carbocycles. The third kappa shape index (κ3) is 7.28. The molecule has 0 aromatic heterocycles. The monoisotopic (exact) mass is 313 g/mol. The fraction of sp³-hybridized carbons (Fsp3) is 0.667. The van der Waals surface area contributed by atoms with Crippen molar-refractivity contribution in [3.8, 4) is 0 Å². The predicted octanol–water partition coefficient (Wildman–Crippen LogP) is 5.46. The molecule has 1 aromatic rings. The first-order valence-corrected chi connectivity index (χ1v) is 8.26. The van der Waals surface area contributed by atoms with Crippen molar-refractivity contribution in [1.29, 1.82) is 0 Å². The van der Waals surface area contributed by atoms with Crippen LogP contribution in [0.5, 0.6) is 0 Å². The van der Waals surface area contributed by atoms with Gasteiger partial charge in [-0.1, -0.05) is 52.3 Å². The van der Waals surface area contributed by atoms with E-state index in [1.807, 2.05) is 0 Å². The lowest BCUT2D eigenvalue weighted by atomic mass is 9.82. The molecule has 0 aliphatic heterocycles. The minimum atomic E-state index is -0.200. The van der Waals surface area contributed by atoms with Crippen LogP contribution in [-0.2, 0) is 6.42 Å². The van der Waals surface area contributed by atoms with Gasteiger partial charge in [0, 0.05) is 11.1 Å². The molecule has 1 nitrogen and oxygen atoms in total. The summed E-state index contributed by atoms with van der Waals surface area (Å²) >= 11 is 5.82. The van der Waals surface area contributed by atoms with Gasteiger partial charge in [0.05, 0.1) is 0 Å². The minimum absolute atomic E-state index is 0.200. The van der Waals surface area contributed by atoms with Crippen LogP contribution in [0.1, 0.15) is 53.0 Å². The van der Waals surface area contributed by atoms with Gasteiger partial charge in [-0.3, -0.25) is 0 Å². The van der Waals surface area contributed by atoms with E-state index < -0.39 is 0 Å². The highest BCUT2D eigenvalue weighted by molar-refractivity contribution is 6.30. The van der Waals surface area contributed by atoms with Crippen LogP contribution >= 0.6 is 11.6 Å². The quantitative estimate of drug-likeness (QED) is 0.704. The lowest BCUT2D eigenvalue weighted by molar-refractivity contribution is 0.274. The highest BCUT2D eigenvalue weighted by Gasteiger charge is 2.20. The highest BCUT2D eigenvalue weighted by atomic mass is 35.5. The minimum Gasteiger partial charge on any atom is -0.314 e. The molecular weight excluding hydrogens is 285 g/mol. The van der Waals surface area contributed by atoms with Gasteiger partial charge in [0.2, 0.25) is 0 Å². The average molecular weight is 314 g/mol. The van der Waals surface area contributed by atoms with E-state index in [0.717, 1.165) is 18.5 Å². The Bertz CT molecular complexity index is 439. The SMILES string of the molecule is CCNC(Cc1ccc(Cl)cc1F)CC(C)CC(C)(C)C. The van der Waals surface area contributed by atoms with Gasteiger partial charge in [-0.05, 0) is 54.8 Å². The van der Waals surface area contributed by atoms with Crippen LogP contribution in [0.15, 0.2) is 18.2 Å². The van der Waals surface area contributed by atoms with E-state index in [0.29, 0.717) is 28.8 Å². The maximum atomic E-state index is 13.9. The van der Waals surface area contributed by atoms with Crippen LogP contribution in [0.25, 0.3) is 0 Å². The van der Waals surface area contributed by atoms with Crippen LogP contribution < -0.4 is 5.32 Å². The second-order valence-electron chi connectivity index (χ2n) is 7.30. The second kappa shape index (κ2) is 8.14. The van der Waals surface area contributed by atoms with E-state index >= 15 is 0 Å². The fourth-order valence-corrected chi connectivity index (χ4v) is 3.25. The van der Waals surface area contributed by atoms with Crippen molar-refractivity contribution < 1.29 is 4.39 Å². The van der Waals surface area contributed by atoms with Crippen molar-refractivity contribution >= 4 is 11.6 Å². The summed E-state index contributed by atoms with van der Waals surface area (Å²) in [7, 11) is 0. The molecule has 1 aromatic carbocycles. The summed E-state index contributed by atoms with van der Waals surface area (Å²) < 4.78 is 13.9. The first-order valence-electron chi connectivity index (χ1n) is 7.88. The lowest BCUT2D eigenvalue weighted by Crippen LogP contribution is -2.33. The Morgan fingerprint density at radius 3 is 2.48 bits per heavy atom. The second-order valence-corrected chi connectivity index (χ2v) is 7.74. The largest absolute Gasteiger partial charge is 0.314 e. The number of hydrogen-bond acceptors (Lipinski definition) is 1. The molecule has 1 rings (SSSR count). The van der Waals surface area contributed by atoms with Gasteiger partial charge in [0.15, 0.2) is 0 Å². The Morgan fingerprint density at radius 1 is 1.29 bits per heavy atom. The molecule has 0 fully saturated rings. The number of likely N-dealkylation sites (N-methyl/N-ethyl adjacent to an activating group) is 1. The lowest BCUT2D eigenvalue weighted by Gasteiger charge is -2.27. The van der Waals surface area contributed by atoms with Crippen LogP contribution in [0.4, 0.5) is 4.39 Å². The molecule has 3 heteroatoms. The number of benzene rings is 1. The van der Waals surface area contributed by atoms with E-state index in [1.165, 1.54) is 12.5 Å². The normalized spacial score (nSPS) is 15.0. The summed E-state index contributed by atoms with van der Waals surface area (Å²) in [6.07, 6.45) is 2.95. The van der Waals surface area contributed by atoms with Gasteiger partial charge in [-0.2, -0.15) is 0 Å². The first-order chi connectivity index (χ1) is 9.71. The van der Waals surface area contributed by atoms with Crippen molar-refractivity contribution in [2.75, 3.05) is 6.54 Å². The first kappa shape index (κ1) is 18.4. The topological polar surface area (TPSA) is 12.0 Å². The smallest absolute Gasteiger partial charge is 0.127 e. The Morgan fingerprint density at radius 2 is 1.95 bits per heavy atom. The van der Waals surface area contributed by atoms with E-state index in [1.54, 1.807) is 12.1 Å². The zero-order valence-electron chi connectivity index (χ0n) is 14.0. The Labute approximate surface area is 134 Å². The maximum Gasteiger partial charge on any atom is 0.127 e. The molecule has 21 heavy (non-hydrogen) atoms. The van der Waals surface area contributed by atoms with Crippen molar-refractivity contribution in [3.63, 3.8) is 0 Å². The summed E-state index contributed by atoms with van der Waals surface area (Å²) in [5.74, 6) is 0.415. The van der Waals surface area contributed by atoms with Crippen molar-refractivity contribution in [2.24, 2.45) is 11.3 Å². The van der Waals surface area contributed by atoms with Gasteiger partial charge < -0.3 is 5.32 Å². The molecule has 2 unspecified atom stereocenters. The van der Waals surface area contributed by atoms with Crippen molar-refractivity contribution in [2.45, 2.75) is 59.9 Å². The predicted molar refractivity (Wildman–Crippen MR) is 90.4 cm³/mol. The highest BCUT2D eigenvalue weighted by Crippen LogP contribution is 2.27. The number of rotatable bonds is 7. The Balaban J connectivity index is 2.68. The summed E-state index contributed by atoms with van der Waals surface area (Å²) in [4.78, 5) is 0. The maximum absolute atomic E-state index is 13.9. The van der Waals surface area contributed by atoms with Gasteiger partial charge >= 0.3 is 0 Å². The van der Waals surface area contributed by atoms with Crippen LogP contribution in [-0.4, -0.2) is 12.6 Å². The van der Waals surface area contributed by atoms with E-state index in [9.17, 15) is 4.39 Å². The summed E-state index contributed by atoms with van der Waals surface area (Å²) in [5, 5.41) is 3.95. The van der Waals surface area contributed by atoms with Gasteiger partial charge in [-0.25, -0.2) is 4.39 Å². The summed E-state index contributed by atoms with van der Waals surface area (Å²) in [6.45, 7) is 12.1. The molecule has 0 radical (unpaired) electrons. The zero-order valence-corrected chi connectivity index (χ0v) is 14.7. The molecule has 0 aliphatic rings. The molecular formula is C18H29ClFN. The average Bonchev–Trinajstić information content (AvgIpc) is 2.30. The Kier molecular flexibility index (Phi) is 7.15. The molecule has 0 saturated heterocycles. The molecule has 0 spiro atoms. The van der Waals surface area contributed by atoms with Gasteiger partial charge in [-0.15, -0.1) is 0 Å². The third-order valence-corrected chi connectivity index (χ3v) is 3.86.